The number of rotatable bonds is 7. The first kappa shape index (κ1) is 18.6. The number of amides is 2. The van der Waals surface area contributed by atoms with Crippen LogP contribution in [-0.2, 0) is 16.0 Å². The van der Waals surface area contributed by atoms with Crippen LogP contribution in [-0.4, -0.2) is 25.0 Å². The number of aryl methyl sites for hydroxylation is 1. The van der Waals surface area contributed by atoms with Crippen molar-refractivity contribution in [2.45, 2.75) is 13.3 Å². The fourth-order valence-electron chi connectivity index (χ4n) is 1.92. The van der Waals surface area contributed by atoms with E-state index in [1.54, 1.807) is 30.3 Å². The molecular weight excluding hydrogens is 344 g/mol. The van der Waals surface area contributed by atoms with Gasteiger partial charge in [0.2, 0.25) is 0 Å². The standard InChI is InChI=1S/C18H19ClN2O4/c1-2-13-6-5-7-14(10-13)24-11-17(22)20-21-18(23)12-25-16-9-4-3-8-15(16)19/h3-10H,2,11-12H2,1H3,(H,20,22)(H,21,23). The third-order valence-electron chi connectivity index (χ3n) is 3.21. The summed E-state index contributed by atoms with van der Waals surface area (Å²) in [6.07, 6.45) is 0.880. The van der Waals surface area contributed by atoms with Gasteiger partial charge in [-0.25, -0.2) is 0 Å². The maximum atomic E-state index is 11.7. The lowest BCUT2D eigenvalue weighted by molar-refractivity contribution is -0.131. The maximum absolute atomic E-state index is 11.7. The van der Waals surface area contributed by atoms with Crippen LogP contribution in [0.2, 0.25) is 5.02 Å². The van der Waals surface area contributed by atoms with Crippen molar-refractivity contribution in [1.29, 1.82) is 0 Å². The normalized spacial score (nSPS) is 10.0. The summed E-state index contributed by atoms with van der Waals surface area (Å²) in [6.45, 7) is 1.55. The monoisotopic (exact) mass is 362 g/mol. The molecule has 2 rings (SSSR count). The van der Waals surface area contributed by atoms with Crippen LogP contribution in [0.25, 0.3) is 0 Å². The Morgan fingerprint density at radius 2 is 1.64 bits per heavy atom. The zero-order valence-corrected chi connectivity index (χ0v) is 14.5. The summed E-state index contributed by atoms with van der Waals surface area (Å²) >= 11 is 5.91. The molecular formula is C18H19ClN2O4. The molecule has 7 heteroatoms. The van der Waals surface area contributed by atoms with Crippen molar-refractivity contribution in [2.24, 2.45) is 0 Å². The summed E-state index contributed by atoms with van der Waals surface area (Å²) in [4.78, 5) is 23.3. The van der Waals surface area contributed by atoms with Crippen molar-refractivity contribution < 1.29 is 19.1 Å². The fourth-order valence-corrected chi connectivity index (χ4v) is 2.11. The minimum absolute atomic E-state index is 0.210. The van der Waals surface area contributed by atoms with Gasteiger partial charge in [0.05, 0.1) is 5.02 Å². The first-order valence-electron chi connectivity index (χ1n) is 7.75. The molecule has 0 radical (unpaired) electrons. The van der Waals surface area contributed by atoms with Gasteiger partial charge in [-0.15, -0.1) is 0 Å². The number of ether oxygens (including phenoxy) is 2. The van der Waals surface area contributed by atoms with Crippen molar-refractivity contribution in [1.82, 2.24) is 10.9 Å². The number of para-hydroxylation sites is 1. The predicted molar refractivity (Wildman–Crippen MR) is 94.5 cm³/mol. The van der Waals surface area contributed by atoms with E-state index in [9.17, 15) is 9.59 Å². The minimum atomic E-state index is -0.513. The summed E-state index contributed by atoms with van der Waals surface area (Å²) in [7, 11) is 0. The first-order chi connectivity index (χ1) is 12.1. The van der Waals surface area contributed by atoms with Gasteiger partial charge in [0.25, 0.3) is 11.8 Å². The Balaban J connectivity index is 1.68. The Bertz CT molecular complexity index is 737. The van der Waals surface area contributed by atoms with Crippen LogP contribution in [0.15, 0.2) is 48.5 Å². The number of halogens is 1. The molecule has 2 amide bonds. The Hall–Kier alpha value is -2.73. The molecule has 0 aliphatic heterocycles. The van der Waals surface area contributed by atoms with Crippen LogP contribution >= 0.6 is 11.6 Å². The third kappa shape index (κ3) is 6.35. The van der Waals surface area contributed by atoms with Crippen molar-refractivity contribution in [3.05, 3.63) is 59.1 Å². The number of benzene rings is 2. The van der Waals surface area contributed by atoms with E-state index < -0.39 is 11.8 Å². The topological polar surface area (TPSA) is 76.7 Å². The molecule has 0 bridgehead atoms. The van der Waals surface area contributed by atoms with Crippen LogP contribution in [0.3, 0.4) is 0 Å². The third-order valence-corrected chi connectivity index (χ3v) is 3.53. The van der Waals surface area contributed by atoms with Gasteiger partial charge in [0.15, 0.2) is 13.2 Å². The Labute approximate surface area is 151 Å². The van der Waals surface area contributed by atoms with E-state index in [0.29, 0.717) is 16.5 Å². The quantitative estimate of drug-likeness (QED) is 0.742. The molecule has 2 N–H and O–H groups in total. The van der Waals surface area contributed by atoms with E-state index in [2.05, 4.69) is 10.9 Å². The summed E-state index contributed by atoms with van der Waals surface area (Å²) in [5.74, 6) is 0.00177. The lowest BCUT2D eigenvalue weighted by Gasteiger charge is -2.10. The van der Waals surface area contributed by atoms with Gasteiger partial charge in [-0.2, -0.15) is 0 Å². The second kappa shape index (κ2) is 9.54. The molecule has 0 aliphatic rings. The molecule has 0 spiro atoms. The van der Waals surface area contributed by atoms with E-state index in [4.69, 9.17) is 21.1 Å². The van der Waals surface area contributed by atoms with Gasteiger partial charge in [-0.05, 0) is 36.2 Å². The van der Waals surface area contributed by atoms with Gasteiger partial charge in [0, 0.05) is 0 Å². The van der Waals surface area contributed by atoms with Crippen LogP contribution < -0.4 is 20.3 Å². The summed E-state index contributed by atoms with van der Waals surface area (Å²) in [6, 6.07) is 14.3. The molecule has 0 saturated carbocycles. The number of nitrogens with one attached hydrogen (secondary N) is 2. The van der Waals surface area contributed by atoms with Crippen molar-refractivity contribution in [3.63, 3.8) is 0 Å². The van der Waals surface area contributed by atoms with E-state index in [1.165, 1.54) is 0 Å². The van der Waals surface area contributed by atoms with Gasteiger partial charge in [-0.1, -0.05) is 42.8 Å². The highest BCUT2D eigenvalue weighted by molar-refractivity contribution is 6.32. The second-order valence-electron chi connectivity index (χ2n) is 5.11. The molecule has 2 aromatic carbocycles. The summed E-state index contributed by atoms with van der Waals surface area (Å²) < 4.78 is 10.6. The van der Waals surface area contributed by atoms with E-state index in [0.717, 1.165) is 12.0 Å². The highest BCUT2D eigenvalue weighted by Gasteiger charge is 2.08. The van der Waals surface area contributed by atoms with Crippen molar-refractivity contribution in [3.8, 4) is 11.5 Å². The molecule has 0 unspecified atom stereocenters. The molecule has 2 aromatic rings. The molecule has 25 heavy (non-hydrogen) atoms. The fraction of sp³-hybridized carbons (Fsp3) is 0.222. The summed E-state index contributed by atoms with van der Waals surface area (Å²) in [5.41, 5.74) is 5.61. The molecule has 6 nitrogen and oxygen atoms in total. The van der Waals surface area contributed by atoms with Crippen molar-refractivity contribution >= 4 is 23.4 Å². The average Bonchev–Trinajstić information content (AvgIpc) is 2.64. The van der Waals surface area contributed by atoms with Gasteiger partial charge >= 0.3 is 0 Å². The minimum Gasteiger partial charge on any atom is -0.484 e. The molecule has 0 saturated heterocycles. The largest absolute Gasteiger partial charge is 0.484 e. The molecule has 132 valence electrons. The second-order valence-corrected chi connectivity index (χ2v) is 5.51. The smallest absolute Gasteiger partial charge is 0.276 e. The SMILES string of the molecule is CCc1cccc(OCC(=O)NNC(=O)COc2ccccc2Cl)c1. The Morgan fingerprint density at radius 1 is 0.960 bits per heavy atom. The zero-order chi connectivity index (χ0) is 18.1. The van der Waals surface area contributed by atoms with Crippen LogP contribution in [0, 0.1) is 0 Å². The summed E-state index contributed by atoms with van der Waals surface area (Å²) in [5, 5.41) is 0.405. The molecule has 0 aliphatic carbocycles. The lowest BCUT2D eigenvalue weighted by atomic mass is 10.2. The van der Waals surface area contributed by atoms with E-state index in [1.807, 2.05) is 25.1 Å². The van der Waals surface area contributed by atoms with E-state index >= 15 is 0 Å². The molecule has 0 fully saturated rings. The number of hydrazine groups is 1. The maximum Gasteiger partial charge on any atom is 0.276 e. The van der Waals surface area contributed by atoms with Gasteiger partial charge in [0.1, 0.15) is 11.5 Å². The van der Waals surface area contributed by atoms with Gasteiger partial charge < -0.3 is 9.47 Å². The highest BCUT2D eigenvalue weighted by atomic mass is 35.5. The highest BCUT2D eigenvalue weighted by Crippen LogP contribution is 2.22. The number of hydrogen-bond acceptors (Lipinski definition) is 4. The van der Waals surface area contributed by atoms with Crippen LogP contribution in [0.5, 0.6) is 11.5 Å². The molecule has 0 heterocycles. The number of carbonyl (C=O) groups is 2. The number of carbonyl (C=O) groups excluding carboxylic acids is 2. The zero-order valence-electron chi connectivity index (χ0n) is 13.8. The number of hydrogen-bond donors (Lipinski definition) is 2. The molecule has 0 atom stereocenters. The Kier molecular flexibility index (Phi) is 7.10. The Morgan fingerprint density at radius 3 is 2.32 bits per heavy atom. The van der Waals surface area contributed by atoms with Gasteiger partial charge in [-0.3, -0.25) is 20.4 Å². The van der Waals surface area contributed by atoms with Crippen molar-refractivity contribution in [2.75, 3.05) is 13.2 Å². The molecule has 0 aromatic heterocycles. The first-order valence-corrected chi connectivity index (χ1v) is 8.13. The van der Waals surface area contributed by atoms with Crippen LogP contribution in [0.4, 0.5) is 0 Å². The lowest BCUT2D eigenvalue weighted by Crippen LogP contribution is -2.45. The predicted octanol–water partition coefficient (Wildman–Crippen LogP) is 2.51. The van der Waals surface area contributed by atoms with Crippen LogP contribution in [0.1, 0.15) is 12.5 Å². The van der Waals surface area contributed by atoms with E-state index in [-0.39, 0.29) is 13.2 Å². The average molecular weight is 363 g/mol.